The van der Waals surface area contributed by atoms with Crippen molar-refractivity contribution in [2.45, 2.75) is 6.92 Å². The third-order valence-corrected chi connectivity index (χ3v) is 2.72. The second-order valence-corrected chi connectivity index (χ2v) is 4.23. The maximum absolute atomic E-state index is 13.6. The molecule has 0 bridgehead atoms. The summed E-state index contributed by atoms with van der Waals surface area (Å²) in [6, 6.07) is 10.7. The van der Waals surface area contributed by atoms with Gasteiger partial charge in [0.2, 0.25) is 5.91 Å². The molecule has 0 saturated carbocycles. The van der Waals surface area contributed by atoms with Crippen LogP contribution < -0.4 is 5.32 Å². The Morgan fingerprint density at radius 1 is 1.15 bits per heavy atom. The number of halogens is 1. The van der Waals surface area contributed by atoms with Crippen molar-refractivity contribution >= 4 is 17.6 Å². The number of amides is 1. The van der Waals surface area contributed by atoms with Gasteiger partial charge in [0.15, 0.2) is 0 Å². The average molecular weight is 273 g/mol. The molecular formula is C15H12FNO3. The van der Waals surface area contributed by atoms with Crippen LogP contribution in [-0.4, -0.2) is 17.0 Å². The fraction of sp³-hybridized carbons (Fsp3) is 0.0667. The molecular weight excluding hydrogens is 261 g/mol. The molecule has 0 spiro atoms. The number of rotatable bonds is 3. The van der Waals surface area contributed by atoms with Crippen molar-refractivity contribution in [2.75, 3.05) is 5.32 Å². The molecule has 0 heterocycles. The van der Waals surface area contributed by atoms with Gasteiger partial charge >= 0.3 is 5.97 Å². The SMILES string of the molecule is CC(=O)Nc1cccc(-c2cccc(F)c2C(=O)O)c1. The molecule has 0 aliphatic rings. The maximum Gasteiger partial charge on any atom is 0.339 e. The number of benzene rings is 2. The maximum atomic E-state index is 13.6. The Morgan fingerprint density at radius 3 is 2.50 bits per heavy atom. The highest BCUT2D eigenvalue weighted by atomic mass is 19.1. The highest BCUT2D eigenvalue weighted by Gasteiger charge is 2.16. The van der Waals surface area contributed by atoms with Crippen molar-refractivity contribution in [2.24, 2.45) is 0 Å². The molecule has 0 atom stereocenters. The molecule has 0 radical (unpaired) electrons. The van der Waals surface area contributed by atoms with Crippen molar-refractivity contribution in [3.63, 3.8) is 0 Å². The van der Waals surface area contributed by atoms with E-state index in [2.05, 4.69) is 5.32 Å². The summed E-state index contributed by atoms with van der Waals surface area (Å²) in [5, 5.41) is 11.7. The Labute approximate surface area is 114 Å². The van der Waals surface area contributed by atoms with Crippen LogP contribution in [0, 0.1) is 5.82 Å². The molecule has 1 amide bonds. The fourth-order valence-electron chi connectivity index (χ4n) is 1.95. The monoisotopic (exact) mass is 273 g/mol. The van der Waals surface area contributed by atoms with Gasteiger partial charge in [0.1, 0.15) is 11.4 Å². The second-order valence-electron chi connectivity index (χ2n) is 4.23. The van der Waals surface area contributed by atoms with Gasteiger partial charge in [-0.05, 0) is 29.3 Å². The Bertz CT molecular complexity index is 683. The summed E-state index contributed by atoms with van der Waals surface area (Å²) in [5.74, 6) is -2.36. The van der Waals surface area contributed by atoms with E-state index in [1.165, 1.54) is 19.1 Å². The Morgan fingerprint density at radius 2 is 1.85 bits per heavy atom. The van der Waals surface area contributed by atoms with Gasteiger partial charge in [0.05, 0.1) is 0 Å². The van der Waals surface area contributed by atoms with Crippen LogP contribution in [0.1, 0.15) is 17.3 Å². The summed E-state index contributed by atoms with van der Waals surface area (Å²) in [4.78, 5) is 22.2. The van der Waals surface area contributed by atoms with Crippen LogP contribution in [0.2, 0.25) is 0 Å². The number of hydrogen-bond acceptors (Lipinski definition) is 2. The zero-order valence-electron chi connectivity index (χ0n) is 10.7. The molecule has 0 saturated heterocycles. The molecule has 102 valence electrons. The summed E-state index contributed by atoms with van der Waals surface area (Å²) in [6.07, 6.45) is 0. The van der Waals surface area contributed by atoms with Crippen molar-refractivity contribution in [3.8, 4) is 11.1 Å². The van der Waals surface area contributed by atoms with Gasteiger partial charge in [0.25, 0.3) is 0 Å². The Hall–Kier alpha value is -2.69. The summed E-state index contributed by atoms with van der Waals surface area (Å²) in [5.41, 5.74) is 0.931. The molecule has 5 heteroatoms. The Balaban J connectivity index is 2.54. The van der Waals surface area contributed by atoms with E-state index in [-0.39, 0.29) is 17.0 Å². The number of carbonyl (C=O) groups excluding carboxylic acids is 1. The number of carbonyl (C=O) groups is 2. The zero-order chi connectivity index (χ0) is 14.7. The number of hydrogen-bond donors (Lipinski definition) is 2. The van der Waals surface area contributed by atoms with Gasteiger partial charge in [-0.15, -0.1) is 0 Å². The van der Waals surface area contributed by atoms with E-state index in [0.29, 0.717) is 11.3 Å². The minimum absolute atomic E-state index is 0.236. The summed E-state index contributed by atoms with van der Waals surface area (Å²) < 4.78 is 13.6. The quantitative estimate of drug-likeness (QED) is 0.902. The first-order valence-electron chi connectivity index (χ1n) is 5.89. The minimum Gasteiger partial charge on any atom is -0.478 e. The Kier molecular flexibility index (Phi) is 3.79. The van der Waals surface area contributed by atoms with E-state index < -0.39 is 11.8 Å². The van der Waals surface area contributed by atoms with Gasteiger partial charge in [-0.25, -0.2) is 9.18 Å². The molecule has 2 aromatic rings. The zero-order valence-corrected chi connectivity index (χ0v) is 10.7. The lowest BCUT2D eigenvalue weighted by atomic mass is 9.99. The summed E-state index contributed by atoms with van der Waals surface area (Å²) in [6.45, 7) is 1.37. The van der Waals surface area contributed by atoms with Crippen LogP contribution in [0.15, 0.2) is 42.5 Å². The molecule has 2 rings (SSSR count). The van der Waals surface area contributed by atoms with Crippen molar-refractivity contribution in [3.05, 3.63) is 53.8 Å². The van der Waals surface area contributed by atoms with Crippen LogP contribution in [-0.2, 0) is 4.79 Å². The summed E-state index contributed by atoms with van der Waals surface area (Å²) in [7, 11) is 0. The third-order valence-electron chi connectivity index (χ3n) is 2.72. The normalized spacial score (nSPS) is 10.1. The van der Waals surface area contributed by atoms with E-state index in [0.717, 1.165) is 6.07 Å². The molecule has 0 aliphatic carbocycles. The highest BCUT2D eigenvalue weighted by molar-refractivity contribution is 5.97. The average Bonchev–Trinajstić information content (AvgIpc) is 2.37. The fourth-order valence-corrected chi connectivity index (χ4v) is 1.95. The third kappa shape index (κ3) is 2.83. The predicted molar refractivity (Wildman–Crippen MR) is 73.1 cm³/mol. The number of nitrogens with one attached hydrogen (secondary N) is 1. The van der Waals surface area contributed by atoms with Crippen LogP contribution in [0.5, 0.6) is 0 Å². The summed E-state index contributed by atoms with van der Waals surface area (Å²) >= 11 is 0. The largest absolute Gasteiger partial charge is 0.478 e. The highest BCUT2D eigenvalue weighted by Crippen LogP contribution is 2.27. The van der Waals surface area contributed by atoms with Crippen LogP contribution in [0.4, 0.5) is 10.1 Å². The molecule has 0 unspecified atom stereocenters. The van der Waals surface area contributed by atoms with Crippen LogP contribution >= 0.6 is 0 Å². The first-order chi connectivity index (χ1) is 9.49. The van der Waals surface area contributed by atoms with E-state index in [4.69, 9.17) is 5.11 Å². The first kappa shape index (κ1) is 13.7. The van der Waals surface area contributed by atoms with Gasteiger partial charge in [0, 0.05) is 12.6 Å². The van der Waals surface area contributed by atoms with Crippen molar-refractivity contribution < 1.29 is 19.1 Å². The number of aromatic carboxylic acids is 1. The standard InChI is InChI=1S/C15H12FNO3/c1-9(18)17-11-5-2-4-10(8-11)12-6-3-7-13(16)14(12)15(19)20/h2-8H,1H3,(H,17,18)(H,19,20). The van der Waals surface area contributed by atoms with E-state index in [9.17, 15) is 14.0 Å². The number of anilines is 1. The molecule has 0 aliphatic heterocycles. The molecule has 4 nitrogen and oxygen atoms in total. The topological polar surface area (TPSA) is 66.4 Å². The predicted octanol–water partition coefficient (Wildman–Crippen LogP) is 3.15. The van der Waals surface area contributed by atoms with E-state index in [1.54, 1.807) is 24.3 Å². The van der Waals surface area contributed by atoms with Crippen molar-refractivity contribution in [1.29, 1.82) is 0 Å². The van der Waals surface area contributed by atoms with Gasteiger partial charge in [-0.1, -0.05) is 24.3 Å². The molecule has 0 aromatic heterocycles. The van der Waals surface area contributed by atoms with Crippen LogP contribution in [0.25, 0.3) is 11.1 Å². The molecule has 2 N–H and O–H groups in total. The van der Waals surface area contributed by atoms with Gasteiger partial charge < -0.3 is 10.4 Å². The second kappa shape index (κ2) is 5.52. The first-order valence-corrected chi connectivity index (χ1v) is 5.89. The van der Waals surface area contributed by atoms with E-state index >= 15 is 0 Å². The minimum atomic E-state index is -1.33. The lowest BCUT2D eigenvalue weighted by molar-refractivity contribution is -0.114. The van der Waals surface area contributed by atoms with Crippen LogP contribution in [0.3, 0.4) is 0 Å². The molecule has 0 fully saturated rings. The lowest BCUT2D eigenvalue weighted by Gasteiger charge is -2.09. The molecule has 2 aromatic carbocycles. The lowest BCUT2D eigenvalue weighted by Crippen LogP contribution is -2.06. The molecule has 20 heavy (non-hydrogen) atoms. The van der Waals surface area contributed by atoms with Crippen molar-refractivity contribution in [1.82, 2.24) is 0 Å². The number of carboxylic acids is 1. The number of carboxylic acid groups (broad SMARTS) is 1. The smallest absolute Gasteiger partial charge is 0.339 e. The van der Waals surface area contributed by atoms with Gasteiger partial charge in [-0.3, -0.25) is 4.79 Å². The van der Waals surface area contributed by atoms with E-state index in [1.807, 2.05) is 0 Å². The van der Waals surface area contributed by atoms with Gasteiger partial charge in [-0.2, -0.15) is 0 Å².